The molecule has 0 atom stereocenters. The van der Waals surface area contributed by atoms with E-state index in [1.54, 1.807) is 18.2 Å². The first kappa shape index (κ1) is 15.5. The van der Waals surface area contributed by atoms with E-state index < -0.39 is 10.0 Å². The molecule has 0 unspecified atom stereocenters. The molecule has 1 N–H and O–H groups in total. The van der Waals surface area contributed by atoms with Gasteiger partial charge < -0.3 is 4.74 Å². The van der Waals surface area contributed by atoms with Crippen molar-refractivity contribution in [2.75, 3.05) is 7.11 Å². The summed E-state index contributed by atoms with van der Waals surface area (Å²) in [5.74, 6) is 0.344. The van der Waals surface area contributed by atoms with Crippen molar-refractivity contribution in [3.05, 3.63) is 22.7 Å². The zero-order valence-electron chi connectivity index (χ0n) is 10.7. The van der Waals surface area contributed by atoms with Gasteiger partial charge in [-0.1, -0.05) is 29.8 Å². The fraction of sp³-hybridized carbons (Fsp3) is 0.500. The van der Waals surface area contributed by atoms with Gasteiger partial charge in [0.1, 0.15) is 10.6 Å². The molecule has 0 aliphatic rings. The summed E-state index contributed by atoms with van der Waals surface area (Å²) < 4.78 is 33.0. The van der Waals surface area contributed by atoms with E-state index in [1.807, 2.05) is 13.8 Å². The lowest BCUT2D eigenvalue weighted by Gasteiger charge is -2.16. The zero-order valence-corrected chi connectivity index (χ0v) is 13.1. The molecule has 0 radical (unpaired) electrons. The lowest BCUT2D eigenvalue weighted by Crippen LogP contribution is -2.34. The molecule has 0 fully saturated rings. The van der Waals surface area contributed by atoms with E-state index in [9.17, 15) is 8.42 Å². The molecule has 18 heavy (non-hydrogen) atoms. The van der Waals surface area contributed by atoms with Crippen LogP contribution < -0.4 is 9.46 Å². The molecule has 0 saturated heterocycles. The quantitative estimate of drug-likeness (QED) is 0.869. The van der Waals surface area contributed by atoms with Gasteiger partial charge in [-0.2, -0.15) is 0 Å². The summed E-state index contributed by atoms with van der Waals surface area (Å²) in [6.45, 7) is 3.91. The number of nitrogens with one attached hydrogen (secondary N) is 1. The summed E-state index contributed by atoms with van der Waals surface area (Å²) in [5.41, 5.74) is 0. The number of hydrogen-bond acceptors (Lipinski definition) is 3. The number of rotatable bonds is 6. The highest BCUT2D eigenvalue weighted by molar-refractivity contribution is 9.10. The molecular weight excluding hydrogens is 318 g/mol. The van der Waals surface area contributed by atoms with E-state index in [0.717, 1.165) is 12.8 Å². The molecule has 1 aromatic rings. The first-order valence-corrected chi connectivity index (χ1v) is 8.08. The van der Waals surface area contributed by atoms with E-state index in [1.165, 1.54) is 7.11 Å². The van der Waals surface area contributed by atoms with Crippen molar-refractivity contribution in [3.63, 3.8) is 0 Å². The molecule has 1 rings (SSSR count). The van der Waals surface area contributed by atoms with Crippen molar-refractivity contribution in [1.82, 2.24) is 4.72 Å². The Kier molecular flexibility index (Phi) is 5.62. The molecule has 0 bridgehead atoms. The average Bonchev–Trinajstić information content (AvgIpc) is 2.36. The van der Waals surface area contributed by atoms with Gasteiger partial charge in [0.25, 0.3) is 0 Å². The second kappa shape index (κ2) is 6.54. The summed E-state index contributed by atoms with van der Waals surface area (Å²) in [6, 6.07) is 4.86. The summed E-state index contributed by atoms with van der Waals surface area (Å²) in [6.07, 6.45) is 1.51. The van der Waals surface area contributed by atoms with Crippen molar-refractivity contribution >= 4 is 26.0 Å². The molecule has 1 aromatic carbocycles. The normalized spacial score (nSPS) is 11.8. The third-order valence-corrected chi connectivity index (χ3v) is 4.76. The molecule has 0 aromatic heterocycles. The van der Waals surface area contributed by atoms with Gasteiger partial charge in [0.2, 0.25) is 10.0 Å². The molecule has 0 spiro atoms. The van der Waals surface area contributed by atoms with Gasteiger partial charge in [-0.3, -0.25) is 0 Å². The Morgan fingerprint density at radius 2 is 1.94 bits per heavy atom. The number of ether oxygens (including phenoxy) is 1. The maximum atomic E-state index is 12.3. The molecule has 4 nitrogen and oxygen atoms in total. The lowest BCUT2D eigenvalue weighted by atomic mass is 10.2. The Morgan fingerprint density at radius 1 is 1.33 bits per heavy atom. The van der Waals surface area contributed by atoms with Gasteiger partial charge in [0.05, 0.1) is 7.11 Å². The van der Waals surface area contributed by atoms with Gasteiger partial charge in [-0.05, 0) is 31.0 Å². The van der Waals surface area contributed by atoms with Crippen LogP contribution in [0, 0.1) is 0 Å². The Labute approximate surface area is 117 Å². The maximum Gasteiger partial charge on any atom is 0.244 e. The summed E-state index contributed by atoms with van der Waals surface area (Å²) in [5, 5.41) is 0. The largest absolute Gasteiger partial charge is 0.495 e. The second-order valence-electron chi connectivity index (χ2n) is 3.93. The van der Waals surface area contributed by atoms with Crippen LogP contribution >= 0.6 is 15.9 Å². The second-order valence-corrected chi connectivity index (χ2v) is 6.53. The highest BCUT2D eigenvalue weighted by atomic mass is 79.9. The molecule has 0 saturated carbocycles. The summed E-state index contributed by atoms with van der Waals surface area (Å²) >= 11 is 3.27. The van der Waals surface area contributed by atoms with E-state index in [4.69, 9.17) is 4.74 Å². The Bertz CT molecular complexity index is 498. The fourth-order valence-corrected chi connectivity index (χ4v) is 3.71. The fourth-order valence-electron chi connectivity index (χ4n) is 1.60. The van der Waals surface area contributed by atoms with Crippen molar-refractivity contribution in [2.45, 2.75) is 37.6 Å². The maximum absolute atomic E-state index is 12.3. The molecule has 0 aliphatic heterocycles. The Morgan fingerprint density at radius 3 is 2.44 bits per heavy atom. The third kappa shape index (κ3) is 3.70. The van der Waals surface area contributed by atoms with Crippen LogP contribution in [0.4, 0.5) is 0 Å². The summed E-state index contributed by atoms with van der Waals surface area (Å²) in [7, 11) is -2.10. The van der Waals surface area contributed by atoms with Crippen LogP contribution in [-0.2, 0) is 10.0 Å². The van der Waals surface area contributed by atoms with Crippen molar-refractivity contribution in [2.24, 2.45) is 0 Å². The molecule has 0 aliphatic carbocycles. The standard InChI is InChI=1S/C12H18BrNO3S/c1-4-10(5-2)14-18(15,16)12-8-9(13)6-7-11(12)17-3/h6-8,10,14H,4-5H2,1-3H3. The minimum absolute atomic E-state index is 0.0568. The minimum Gasteiger partial charge on any atom is -0.495 e. The number of hydrogen-bond donors (Lipinski definition) is 1. The SMILES string of the molecule is CCC(CC)NS(=O)(=O)c1cc(Br)ccc1OC. The van der Waals surface area contributed by atoms with E-state index >= 15 is 0 Å². The molecule has 0 heterocycles. The van der Waals surface area contributed by atoms with Crippen LogP contribution in [0.3, 0.4) is 0 Å². The van der Waals surface area contributed by atoms with Crippen LogP contribution in [0.5, 0.6) is 5.75 Å². The molecular formula is C12H18BrNO3S. The first-order valence-electron chi connectivity index (χ1n) is 5.80. The summed E-state index contributed by atoms with van der Waals surface area (Å²) in [4.78, 5) is 0.159. The monoisotopic (exact) mass is 335 g/mol. The van der Waals surface area contributed by atoms with Crippen LogP contribution in [0.25, 0.3) is 0 Å². The molecule has 0 amide bonds. The van der Waals surface area contributed by atoms with E-state index in [2.05, 4.69) is 20.7 Å². The molecule has 102 valence electrons. The van der Waals surface area contributed by atoms with Crippen LogP contribution in [0.1, 0.15) is 26.7 Å². The third-order valence-electron chi connectivity index (χ3n) is 2.72. The highest BCUT2D eigenvalue weighted by Crippen LogP contribution is 2.27. The number of sulfonamides is 1. The number of methoxy groups -OCH3 is 1. The van der Waals surface area contributed by atoms with Crippen LogP contribution in [-0.4, -0.2) is 21.6 Å². The number of benzene rings is 1. The average molecular weight is 336 g/mol. The van der Waals surface area contributed by atoms with Gasteiger partial charge in [-0.25, -0.2) is 13.1 Å². The Hall–Kier alpha value is -0.590. The minimum atomic E-state index is -3.55. The van der Waals surface area contributed by atoms with Crippen LogP contribution in [0.2, 0.25) is 0 Å². The lowest BCUT2D eigenvalue weighted by molar-refractivity contribution is 0.401. The van der Waals surface area contributed by atoms with Crippen molar-refractivity contribution in [3.8, 4) is 5.75 Å². The van der Waals surface area contributed by atoms with Gasteiger partial charge in [0.15, 0.2) is 0 Å². The molecule has 6 heteroatoms. The first-order chi connectivity index (χ1) is 8.44. The smallest absolute Gasteiger partial charge is 0.244 e. The van der Waals surface area contributed by atoms with Crippen molar-refractivity contribution < 1.29 is 13.2 Å². The Balaban J connectivity index is 3.15. The topological polar surface area (TPSA) is 55.4 Å². The highest BCUT2D eigenvalue weighted by Gasteiger charge is 2.22. The van der Waals surface area contributed by atoms with Gasteiger partial charge in [-0.15, -0.1) is 0 Å². The predicted molar refractivity (Wildman–Crippen MR) is 75.4 cm³/mol. The predicted octanol–water partition coefficient (Wildman–Crippen LogP) is 2.92. The number of halogens is 1. The van der Waals surface area contributed by atoms with E-state index in [-0.39, 0.29) is 10.9 Å². The van der Waals surface area contributed by atoms with Gasteiger partial charge >= 0.3 is 0 Å². The zero-order chi connectivity index (χ0) is 13.8. The van der Waals surface area contributed by atoms with Crippen molar-refractivity contribution in [1.29, 1.82) is 0 Å². The van der Waals surface area contributed by atoms with Gasteiger partial charge in [0, 0.05) is 10.5 Å². The van der Waals surface area contributed by atoms with Crippen LogP contribution in [0.15, 0.2) is 27.6 Å². The van der Waals surface area contributed by atoms with E-state index in [0.29, 0.717) is 10.2 Å².